The molecule has 0 heterocycles. The minimum atomic E-state index is -1.25. The van der Waals surface area contributed by atoms with E-state index >= 15 is 0 Å². The van der Waals surface area contributed by atoms with Crippen LogP contribution in [0.4, 0.5) is 13.2 Å². The van der Waals surface area contributed by atoms with Crippen molar-refractivity contribution in [2.24, 2.45) is 17.8 Å². The van der Waals surface area contributed by atoms with Crippen LogP contribution in [0.25, 0.3) is 0 Å². The van der Waals surface area contributed by atoms with Gasteiger partial charge in [0.2, 0.25) is 0 Å². The Labute approximate surface area is 96.6 Å². The van der Waals surface area contributed by atoms with Gasteiger partial charge in [-0.3, -0.25) is 4.79 Å². The van der Waals surface area contributed by atoms with Crippen molar-refractivity contribution in [2.75, 3.05) is 0 Å². The first-order valence-electron chi connectivity index (χ1n) is 5.78. The van der Waals surface area contributed by atoms with Gasteiger partial charge in [-0.1, -0.05) is 6.42 Å². The second-order valence-electron chi connectivity index (χ2n) is 4.89. The van der Waals surface area contributed by atoms with Crippen LogP contribution >= 0.6 is 0 Å². The van der Waals surface area contributed by atoms with Crippen molar-refractivity contribution in [1.82, 2.24) is 0 Å². The van der Waals surface area contributed by atoms with Crippen molar-refractivity contribution < 1.29 is 18.0 Å². The quantitative estimate of drug-likeness (QED) is 0.572. The van der Waals surface area contributed by atoms with Gasteiger partial charge >= 0.3 is 0 Å². The number of carbonyl (C=O) groups excluding carboxylic acids is 1. The normalized spacial score (nSPS) is 30.2. The Bertz CT molecular complexity index is 488. The van der Waals surface area contributed by atoms with Gasteiger partial charge in [-0.2, -0.15) is 0 Å². The number of halogens is 3. The molecule has 0 bridgehead atoms. The van der Waals surface area contributed by atoms with Crippen LogP contribution in [0.2, 0.25) is 0 Å². The lowest BCUT2D eigenvalue weighted by Crippen LogP contribution is -2.10. The molecule has 3 rings (SSSR count). The summed E-state index contributed by atoms with van der Waals surface area (Å²) in [4.78, 5) is 12.0. The Morgan fingerprint density at radius 2 is 1.59 bits per heavy atom. The van der Waals surface area contributed by atoms with Crippen molar-refractivity contribution in [2.45, 2.75) is 19.3 Å². The number of hydrogen-bond acceptors (Lipinski definition) is 1. The standard InChI is InChI=1S/C13H11F3O/c14-9-5-11(16)10(15)4-8(9)13(17)12-6-2-1-3-7(6)12/h4-7,12H,1-3H2. The molecule has 0 saturated heterocycles. The van der Waals surface area contributed by atoms with Crippen LogP contribution in [0.1, 0.15) is 29.6 Å². The minimum absolute atomic E-state index is 0.164. The summed E-state index contributed by atoms with van der Waals surface area (Å²) in [6.07, 6.45) is 3.10. The zero-order chi connectivity index (χ0) is 12.2. The van der Waals surface area contributed by atoms with E-state index in [1.54, 1.807) is 0 Å². The molecule has 0 N–H and O–H groups in total. The predicted octanol–water partition coefficient (Wildman–Crippen LogP) is 3.33. The topological polar surface area (TPSA) is 17.1 Å². The summed E-state index contributed by atoms with van der Waals surface area (Å²) >= 11 is 0. The van der Waals surface area contributed by atoms with Gasteiger partial charge in [-0.05, 0) is 30.7 Å². The fourth-order valence-corrected chi connectivity index (χ4v) is 3.10. The molecular formula is C13H11F3O. The molecule has 0 aromatic heterocycles. The first-order valence-corrected chi connectivity index (χ1v) is 5.78. The Balaban J connectivity index is 1.89. The fraction of sp³-hybridized carbons (Fsp3) is 0.462. The Hall–Kier alpha value is -1.32. The lowest BCUT2D eigenvalue weighted by Gasteiger charge is -2.05. The Morgan fingerprint density at radius 3 is 2.24 bits per heavy atom. The van der Waals surface area contributed by atoms with E-state index in [1.807, 2.05) is 0 Å². The highest BCUT2D eigenvalue weighted by molar-refractivity contribution is 6.00. The number of benzene rings is 1. The van der Waals surface area contributed by atoms with Gasteiger partial charge in [0.25, 0.3) is 0 Å². The molecule has 2 aliphatic carbocycles. The zero-order valence-electron chi connectivity index (χ0n) is 9.05. The molecule has 0 amide bonds. The maximum absolute atomic E-state index is 13.4. The molecule has 1 aromatic carbocycles. The average molecular weight is 240 g/mol. The average Bonchev–Trinajstić information content (AvgIpc) is 2.76. The van der Waals surface area contributed by atoms with Gasteiger partial charge in [0, 0.05) is 12.0 Å². The van der Waals surface area contributed by atoms with Crippen LogP contribution in [-0.2, 0) is 0 Å². The number of fused-ring (bicyclic) bond motifs is 1. The second kappa shape index (κ2) is 3.59. The zero-order valence-corrected chi connectivity index (χ0v) is 9.05. The molecule has 2 saturated carbocycles. The lowest BCUT2D eigenvalue weighted by atomic mass is 10.0. The number of carbonyl (C=O) groups is 1. The molecular weight excluding hydrogens is 229 g/mol. The third-order valence-electron chi connectivity index (χ3n) is 3.98. The number of rotatable bonds is 2. The van der Waals surface area contributed by atoms with E-state index in [4.69, 9.17) is 0 Å². The molecule has 4 heteroatoms. The molecule has 2 unspecified atom stereocenters. The SMILES string of the molecule is O=C(c1cc(F)c(F)cc1F)C1C2CCCC21. The summed E-state index contributed by atoms with van der Waals surface area (Å²) in [5.74, 6) is -3.22. The number of Topliss-reactive ketones (excluding diaryl/α,β-unsaturated/α-hetero) is 1. The Kier molecular flexibility index (Phi) is 2.28. The third-order valence-corrected chi connectivity index (χ3v) is 3.98. The Morgan fingerprint density at radius 1 is 1.00 bits per heavy atom. The molecule has 2 fully saturated rings. The van der Waals surface area contributed by atoms with Crippen molar-refractivity contribution in [1.29, 1.82) is 0 Å². The van der Waals surface area contributed by atoms with E-state index in [1.165, 1.54) is 0 Å². The second-order valence-corrected chi connectivity index (χ2v) is 4.89. The first-order chi connectivity index (χ1) is 8.09. The molecule has 17 heavy (non-hydrogen) atoms. The van der Waals surface area contributed by atoms with Crippen molar-refractivity contribution in [3.05, 3.63) is 35.1 Å². The third kappa shape index (κ3) is 1.58. The minimum Gasteiger partial charge on any atom is -0.294 e. The molecule has 2 atom stereocenters. The summed E-state index contributed by atoms with van der Waals surface area (Å²) in [6.45, 7) is 0. The van der Waals surface area contributed by atoms with Crippen molar-refractivity contribution >= 4 is 5.78 Å². The summed E-state index contributed by atoms with van der Waals surface area (Å²) < 4.78 is 39.2. The van der Waals surface area contributed by atoms with Gasteiger partial charge in [0.1, 0.15) is 5.82 Å². The highest BCUT2D eigenvalue weighted by Gasteiger charge is 2.56. The first kappa shape index (κ1) is 10.8. The molecule has 90 valence electrons. The van der Waals surface area contributed by atoms with Crippen LogP contribution < -0.4 is 0 Å². The largest absolute Gasteiger partial charge is 0.294 e. The van der Waals surface area contributed by atoms with E-state index in [-0.39, 0.29) is 17.3 Å². The maximum Gasteiger partial charge on any atom is 0.169 e. The molecule has 1 aromatic rings. The van der Waals surface area contributed by atoms with Crippen molar-refractivity contribution in [3.63, 3.8) is 0 Å². The van der Waals surface area contributed by atoms with E-state index in [0.29, 0.717) is 24.0 Å². The van der Waals surface area contributed by atoms with E-state index in [9.17, 15) is 18.0 Å². The lowest BCUT2D eigenvalue weighted by molar-refractivity contribution is 0.0947. The van der Waals surface area contributed by atoms with Gasteiger partial charge in [-0.15, -0.1) is 0 Å². The molecule has 2 aliphatic rings. The number of ketones is 1. The molecule has 0 aliphatic heterocycles. The molecule has 1 nitrogen and oxygen atoms in total. The summed E-state index contributed by atoms with van der Waals surface area (Å²) in [5, 5.41) is 0. The van der Waals surface area contributed by atoms with Gasteiger partial charge in [0.15, 0.2) is 17.4 Å². The predicted molar refractivity (Wildman–Crippen MR) is 55.0 cm³/mol. The number of hydrogen-bond donors (Lipinski definition) is 0. The van der Waals surface area contributed by atoms with E-state index in [2.05, 4.69) is 0 Å². The van der Waals surface area contributed by atoms with Crippen LogP contribution in [0.5, 0.6) is 0 Å². The van der Waals surface area contributed by atoms with E-state index in [0.717, 1.165) is 19.3 Å². The van der Waals surface area contributed by atoms with Crippen LogP contribution in [-0.4, -0.2) is 5.78 Å². The van der Waals surface area contributed by atoms with Gasteiger partial charge in [0.05, 0.1) is 5.56 Å². The van der Waals surface area contributed by atoms with Gasteiger partial charge < -0.3 is 0 Å². The van der Waals surface area contributed by atoms with Crippen LogP contribution in [0.3, 0.4) is 0 Å². The highest BCUT2D eigenvalue weighted by atomic mass is 19.2. The molecule has 0 radical (unpaired) electrons. The highest BCUT2D eigenvalue weighted by Crippen LogP contribution is 2.58. The van der Waals surface area contributed by atoms with Gasteiger partial charge in [-0.25, -0.2) is 13.2 Å². The summed E-state index contributed by atoms with van der Waals surface area (Å²) in [5.41, 5.74) is -0.302. The van der Waals surface area contributed by atoms with Crippen LogP contribution in [0, 0.1) is 35.2 Å². The van der Waals surface area contributed by atoms with E-state index < -0.39 is 17.5 Å². The smallest absolute Gasteiger partial charge is 0.169 e. The summed E-state index contributed by atoms with van der Waals surface area (Å²) in [7, 11) is 0. The van der Waals surface area contributed by atoms with Crippen LogP contribution in [0.15, 0.2) is 12.1 Å². The monoisotopic (exact) mass is 240 g/mol. The fourth-order valence-electron chi connectivity index (χ4n) is 3.10. The van der Waals surface area contributed by atoms with Crippen molar-refractivity contribution in [3.8, 4) is 0 Å². The maximum atomic E-state index is 13.4. The molecule has 0 spiro atoms. The summed E-state index contributed by atoms with van der Waals surface area (Å²) in [6, 6.07) is 1.13.